The number of esters is 3. The summed E-state index contributed by atoms with van der Waals surface area (Å²) >= 11 is 1.45. The zero-order chi connectivity index (χ0) is 18.0. The van der Waals surface area contributed by atoms with E-state index < -0.39 is 36.2 Å². The topological polar surface area (TPSA) is 88.1 Å². The first-order valence-corrected chi connectivity index (χ1v) is 8.66. The lowest BCUT2D eigenvalue weighted by molar-refractivity contribution is -0.186. The first-order chi connectivity index (χ1) is 10.7. The van der Waals surface area contributed by atoms with E-state index in [-0.39, 0.29) is 12.0 Å². The van der Waals surface area contributed by atoms with Crippen molar-refractivity contribution in [2.24, 2.45) is 0 Å². The van der Waals surface area contributed by atoms with Crippen LogP contribution in [0, 0.1) is 0 Å². The summed E-state index contributed by atoms with van der Waals surface area (Å²) < 4.78 is 21.3. The van der Waals surface area contributed by atoms with Gasteiger partial charge in [0.1, 0.15) is 24.3 Å². The molecule has 0 aromatic rings. The van der Waals surface area contributed by atoms with Gasteiger partial charge in [0, 0.05) is 20.8 Å². The fraction of sp³-hybridized carbons (Fsp3) is 0.800. The van der Waals surface area contributed by atoms with Gasteiger partial charge in [-0.25, -0.2) is 0 Å². The molecule has 0 bridgehead atoms. The van der Waals surface area contributed by atoms with Crippen molar-refractivity contribution in [3.8, 4) is 0 Å². The van der Waals surface area contributed by atoms with Crippen molar-refractivity contribution < 1.29 is 33.3 Å². The quantitative estimate of drug-likeness (QED) is 0.335. The van der Waals surface area contributed by atoms with E-state index in [2.05, 4.69) is 0 Å². The zero-order valence-corrected chi connectivity index (χ0v) is 15.3. The van der Waals surface area contributed by atoms with Gasteiger partial charge in [-0.3, -0.25) is 14.4 Å². The standard InChI is InChI=1S/C15H26O7S/c1-7-13(20-10(3)17)15(21-11(4)18)14(8-19-9(2)16)22-12(5)23-6/h12-15H,7-8H2,1-6H3/t12?,13?,14?,15-/m1/s1. The molecule has 0 fully saturated rings. The van der Waals surface area contributed by atoms with Gasteiger partial charge in [-0.2, -0.15) is 0 Å². The Morgan fingerprint density at radius 1 is 0.957 bits per heavy atom. The van der Waals surface area contributed by atoms with E-state index in [4.69, 9.17) is 18.9 Å². The van der Waals surface area contributed by atoms with E-state index in [9.17, 15) is 14.4 Å². The summed E-state index contributed by atoms with van der Waals surface area (Å²) in [5.74, 6) is -1.50. The third-order valence-electron chi connectivity index (χ3n) is 2.90. The minimum atomic E-state index is -0.865. The Labute approximate surface area is 141 Å². The number of carbonyl (C=O) groups is 3. The fourth-order valence-corrected chi connectivity index (χ4v) is 2.15. The lowest BCUT2D eigenvalue weighted by atomic mass is 10.1. The third kappa shape index (κ3) is 9.45. The molecular formula is C15H26O7S. The highest BCUT2D eigenvalue weighted by atomic mass is 32.2. The zero-order valence-electron chi connectivity index (χ0n) is 14.5. The summed E-state index contributed by atoms with van der Waals surface area (Å²) in [6, 6.07) is 0. The maximum absolute atomic E-state index is 11.4. The van der Waals surface area contributed by atoms with Crippen LogP contribution in [-0.2, 0) is 33.3 Å². The molecule has 0 aliphatic rings. The smallest absolute Gasteiger partial charge is 0.303 e. The van der Waals surface area contributed by atoms with Crippen LogP contribution in [0.1, 0.15) is 41.0 Å². The van der Waals surface area contributed by atoms with Gasteiger partial charge in [0.25, 0.3) is 0 Å². The van der Waals surface area contributed by atoms with Crippen LogP contribution in [-0.4, -0.2) is 54.5 Å². The summed E-state index contributed by atoms with van der Waals surface area (Å²) in [4.78, 5) is 33.8. The minimum absolute atomic E-state index is 0.101. The van der Waals surface area contributed by atoms with Gasteiger partial charge < -0.3 is 18.9 Å². The maximum atomic E-state index is 11.4. The van der Waals surface area contributed by atoms with Gasteiger partial charge in [-0.1, -0.05) is 6.92 Å². The van der Waals surface area contributed by atoms with Crippen LogP contribution in [0.4, 0.5) is 0 Å². The monoisotopic (exact) mass is 350 g/mol. The van der Waals surface area contributed by atoms with Crippen LogP contribution < -0.4 is 0 Å². The number of rotatable bonds is 10. The summed E-state index contributed by atoms with van der Waals surface area (Å²) in [5, 5.41) is 0. The maximum Gasteiger partial charge on any atom is 0.303 e. The predicted octanol–water partition coefficient (Wildman–Crippen LogP) is 1.92. The minimum Gasteiger partial charge on any atom is -0.463 e. The Hall–Kier alpha value is -1.28. The second kappa shape index (κ2) is 11.3. The number of thioether (sulfide) groups is 1. The van der Waals surface area contributed by atoms with Gasteiger partial charge >= 0.3 is 17.9 Å². The highest BCUT2D eigenvalue weighted by Crippen LogP contribution is 2.20. The molecule has 7 nitrogen and oxygen atoms in total. The SMILES string of the molecule is CCC(OC(C)=O)[C@@H](OC(C)=O)C(COC(C)=O)OC(C)SC. The van der Waals surface area contributed by atoms with Crippen LogP contribution in [0.25, 0.3) is 0 Å². The number of carbonyl (C=O) groups excluding carboxylic acids is 3. The van der Waals surface area contributed by atoms with E-state index in [1.165, 1.54) is 32.5 Å². The Morgan fingerprint density at radius 2 is 1.52 bits per heavy atom. The molecule has 0 radical (unpaired) electrons. The summed E-state index contributed by atoms with van der Waals surface area (Å²) in [6.45, 7) is 7.33. The average molecular weight is 350 g/mol. The summed E-state index contributed by atoms with van der Waals surface area (Å²) in [5.41, 5.74) is -0.219. The van der Waals surface area contributed by atoms with E-state index in [1.807, 2.05) is 13.2 Å². The van der Waals surface area contributed by atoms with Crippen LogP contribution in [0.5, 0.6) is 0 Å². The average Bonchev–Trinajstić information content (AvgIpc) is 2.46. The van der Waals surface area contributed by atoms with Gasteiger partial charge in [0.15, 0.2) is 6.10 Å². The van der Waals surface area contributed by atoms with Crippen molar-refractivity contribution in [3.05, 3.63) is 0 Å². The van der Waals surface area contributed by atoms with Gasteiger partial charge in [-0.05, 0) is 19.6 Å². The Balaban J connectivity index is 5.33. The molecule has 0 saturated carbocycles. The van der Waals surface area contributed by atoms with Crippen molar-refractivity contribution >= 4 is 29.7 Å². The Kier molecular flexibility index (Phi) is 10.7. The molecule has 23 heavy (non-hydrogen) atoms. The molecule has 0 spiro atoms. The number of ether oxygens (including phenoxy) is 4. The highest BCUT2D eigenvalue weighted by molar-refractivity contribution is 7.99. The molecule has 0 aliphatic heterocycles. The molecule has 8 heteroatoms. The number of hydrogen-bond acceptors (Lipinski definition) is 8. The Bertz CT molecular complexity index is 399. The van der Waals surface area contributed by atoms with Crippen molar-refractivity contribution in [3.63, 3.8) is 0 Å². The van der Waals surface area contributed by atoms with E-state index in [0.717, 1.165) is 0 Å². The van der Waals surface area contributed by atoms with Gasteiger partial charge in [-0.15, -0.1) is 11.8 Å². The van der Waals surface area contributed by atoms with E-state index in [0.29, 0.717) is 6.42 Å². The first kappa shape index (κ1) is 21.7. The number of hydrogen-bond donors (Lipinski definition) is 0. The van der Waals surface area contributed by atoms with E-state index >= 15 is 0 Å². The molecule has 0 aliphatic carbocycles. The normalized spacial score (nSPS) is 15.9. The van der Waals surface area contributed by atoms with Crippen LogP contribution in [0.2, 0.25) is 0 Å². The molecule has 134 valence electrons. The molecule has 3 unspecified atom stereocenters. The summed E-state index contributed by atoms with van der Waals surface area (Å²) in [6.07, 6.45) is -0.0148. The summed E-state index contributed by atoms with van der Waals surface area (Å²) in [7, 11) is 0. The molecule has 0 heterocycles. The molecule has 4 atom stereocenters. The fourth-order valence-electron chi connectivity index (χ4n) is 1.89. The molecule has 0 amide bonds. The van der Waals surface area contributed by atoms with Crippen molar-refractivity contribution in [1.82, 2.24) is 0 Å². The second-order valence-corrected chi connectivity index (χ2v) is 6.05. The molecule has 0 N–H and O–H groups in total. The second-order valence-electron chi connectivity index (χ2n) is 4.91. The van der Waals surface area contributed by atoms with Gasteiger partial charge in [0.05, 0.1) is 0 Å². The van der Waals surface area contributed by atoms with Gasteiger partial charge in [0.2, 0.25) is 0 Å². The van der Waals surface area contributed by atoms with Crippen LogP contribution in [0.3, 0.4) is 0 Å². The molecular weight excluding hydrogens is 324 g/mol. The lowest BCUT2D eigenvalue weighted by Gasteiger charge is -2.32. The van der Waals surface area contributed by atoms with Crippen LogP contribution >= 0.6 is 11.8 Å². The first-order valence-electron chi connectivity index (χ1n) is 7.37. The van der Waals surface area contributed by atoms with Crippen molar-refractivity contribution in [2.75, 3.05) is 12.9 Å². The lowest BCUT2D eigenvalue weighted by Crippen LogP contribution is -2.47. The predicted molar refractivity (Wildman–Crippen MR) is 85.9 cm³/mol. The van der Waals surface area contributed by atoms with Crippen molar-refractivity contribution in [1.29, 1.82) is 0 Å². The molecule has 0 saturated heterocycles. The molecule has 0 rings (SSSR count). The highest BCUT2D eigenvalue weighted by Gasteiger charge is 2.36. The molecule has 0 aromatic heterocycles. The largest absolute Gasteiger partial charge is 0.463 e. The third-order valence-corrected chi connectivity index (χ3v) is 3.68. The van der Waals surface area contributed by atoms with E-state index in [1.54, 1.807) is 6.92 Å². The molecule has 0 aromatic carbocycles. The van der Waals surface area contributed by atoms with Crippen LogP contribution in [0.15, 0.2) is 0 Å². The Morgan fingerprint density at radius 3 is 1.91 bits per heavy atom. The van der Waals surface area contributed by atoms with Crippen molar-refractivity contribution in [2.45, 2.75) is 64.8 Å².